The molecule has 8 nitrogen and oxygen atoms in total. The average Bonchev–Trinajstić information content (AvgIpc) is 3.30. The second kappa shape index (κ2) is 9.06. The van der Waals surface area contributed by atoms with Gasteiger partial charge >= 0.3 is 5.97 Å². The molecule has 176 valence electrons. The fourth-order valence-corrected chi connectivity index (χ4v) is 5.80. The number of esters is 1. The number of ether oxygens (including phenoxy) is 1. The number of amides is 1. The quantitative estimate of drug-likeness (QED) is 0.427. The molecule has 1 amide bonds. The van der Waals surface area contributed by atoms with Gasteiger partial charge in [0.2, 0.25) is 0 Å². The summed E-state index contributed by atoms with van der Waals surface area (Å²) in [7, 11) is 1.30. The lowest BCUT2D eigenvalue weighted by molar-refractivity contribution is -0.142. The second-order valence-electron chi connectivity index (χ2n) is 8.64. The highest BCUT2D eigenvalue weighted by atomic mass is 32.1. The Morgan fingerprint density at radius 1 is 1.26 bits per heavy atom. The number of aromatic amines is 1. The van der Waals surface area contributed by atoms with E-state index in [4.69, 9.17) is 9.72 Å². The van der Waals surface area contributed by atoms with E-state index in [0.717, 1.165) is 48.0 Å². The zero-order chi connectivity index (χ0) is 23.8. The van der Waals surface area contributed by atoms with Gasteiger partial charge < -0.3 is 15.0 Å². The van der Waals surface area contributed by atoms with Gasteiger partial charge in [-0.15, -0.1) is 11.3 Å². The third-order valence-corrected chi connectivity index (χ3v) is 7.69. The van der Waals surface area contributed by atoms with E-state index in [1.807, 2.05) is 30.5 Å². The molecule has 0 aliphatic carbocycles. The van der Waals surface area contributed by atoms with E-state index in [1.54, 1.807) is 11.5 Å². The Kier molecular flexibility index (Phi) is 5.95. The minimum absolute atomic E-state index is 0.0852. The normalized spacial score (nSPS) is 14.5. The number of hydrogen-bond acceptors (Lipinski definition) is 6. The Bertz CT molecular complexity index is 1470. The van der Waals surface area contributed by atoms with E-state index in [9.17, 15) is 14.4 Å². The van der Waals surface area contributed by atoms with Crippen molar-refractivity contribution in [2.75, 3.05) is 7.11 Å². The van der Waals surface area contributed by atoms with Crippen LogP contribution in [0.4, 0.5) is 0 Å². The summed E-state index contributed by atoms with van der Waals surface area (Å²) in [5.74, 6) is -0.146. The molecule has 0 bridgehead atoms. The van der Waals surface area contributed by atoms with Gasteiger partial charge in [0.05, 0.1) is 17.4 Å². The summed E-state index contributed by atoms with van der Waals surface area (Å²) in [5, 5.41) is 4.32. The predicted octanol–water partition coefficient (Wildman–Crippen LogP) is 3.49. The third kappa shape index (κ3) is 3.90. The van der Waals surface area contributed by atoms with Gasteiger partial charge in [-0.25, -0.2) is 9.78 Å². The van der Waals surface area contributed by atoms with Crippen LogP contribution >= 0.6 is 11.3 Å². The SMILES string of the molecule is COC(=O)C(Cc1c[nH]c2ccccc12)NC(=O)c1sc2nc3n(c(=O)c2c1C)CCCCC3. The molecule has 1 aromatic carbocycles. The van der Waals surface area contributed by atoms with Crippen LogP contribution in [0.25, 0.3) is 21.1 Å². The van der Waals surface area contributed by atoms with Crippen LogP contribution < -0.4 is 10.9 Å². The molecular weight excluding hydrogens is 452 g/mol. The summed E-state index contributed by atoms with van der Waals surface area (Å²) < 4.78 is 6.73. The minimum Gasteiger partial charge on any atom is -0.467 e. The summed E-state index contributed by atoms with van der Waals surface area (Å²) in [6, 6.07) is 6.92. The van der Waals surface area contributed by atoms with Gasteiger partial charge in [-0.1, -0.05) is 24.6 Å². The molecule has 0 saturated carbocycles. The Hall–Kier alpha value is -3.46. The first-order valence-corrected chi connectivity index (χ1v) is 12.3. The van der Waals surface area contributed by atoms with Gasteiger partial charge in [-0.3, -0.25) is 14.2 Å². The first-order valence-electron chi connectivity index (χ1n) is 11.4. The summed E-state index contributed by atoms with van der Waals surface area (Å²) >= 11 is 1.20. The number of rotatable bonds is 5. The molecular formula is C25H26N4O4S. The number of methoxy groups -OCH3 is 1. The molecule has 0 spiro atoms. The van der Waals surface area contributed by atoms with E-state index in [2.05, 4.69) is 10.3 Å². The minimum atomic E-state index is -0.868. The number of carbonyl (C=O) groups excluding carboxylic acids is 2. The molecule has 1 atom stereocenters. The number of para-hydroxylation sites is 1. The lowest BCUT2D eigenvalue weighted by Crippen LogP contribution is -2.43. The van der Waals surface area contributed by atoms with Crippen LogP contribution in [0.2, 0.25) is 0 Å². The highest BCUT2D eigenvalue weighted by molar-refractivity contribution is 7.20. The Labute approximate surface area is 200 Å². The van der Waals surface area contributed by atoms with Crippen LogP contribution in [-0.2, 0) is 28.9 Å². The number of hydrogen-bond donors (Lipinski definition) is 2. The van der Waals surface area contributed by atoms with Crippen molar-refractivity contribution in [3.63, 3.8) is 0 Å². The van der Waals surface area contributed by atoms with Gasteiger partial charge in [-0.2, -0.15) is 0 Å². The zero-order valence-corrected chi connectivity index (χ0v) is 20.0. The van der Waals surface area contributed by atoms with E-state index >= 15 is 0 Å². The highest BCUT2D eigenvalue weighted by Gasteiger charge is 2.27. The third-order valence-electron chi connectivity index (χ3n) is 6.51. The van der Waals surface area contributed by atoms with Crippen molar-refractivity contribution < 1.29 is 14.3 Å². The molecule has 0 saturated heterocycles. The standard InChI is InChI=1S/C25H26N4O4S/c1-14-20-23(28-19-10-4-3-7-11-29(19)24(20)31)34-21(14)22(30)27-18(25(32)33-2)12-15-13-26-17-9-6-5-8-16(15)17/h5-6,8-9,13,18,26H,3-4,7,10-12H2,1-2H3,(H,27,30). The number of aromatic nitrogens is 3. The highest BCUT2D eigenvalue weighted by Crippen LogP contribution is 2.29. The van der Waals surface area contributed by atoms with Gasteiger partial charge in [0.15, 0.2) is 0 Å². The fraction of sp³-hybridized carbons (Fsp3) is 0.360. The van der Waals surface area contributed by atoms with Gasteiger partial charge in [-0.05, 0) is 37.0 Å². The first kappa shape index (κ1) is 22.3. The molecule has 0 radical (unpaired) electrons. The van der Waals surface area contributed by atoms with Crippen LogP contribution in [0.1, 0.15) is 45.9 Å². The average molecular weight is 479 g/mol. The molecule has 1 unspecified atom stereocenters. The maximum Gasteiger partial charge on any atom is 0.328 e. The van der Waals surface area contributed by atoms with Crippen LogP contribution in [0.5, 0.6) is 0 Å². The Morgan fingerprint density at radius 3 is 2.91 bits per heavy atom. The van der Waals surface area contributed by atoms with Crippen molar-refractivity contribution in [1.29, 1.82) is 0 Å². The first-order chi connectivity index (χ1) is 16.5. The van der Waals surface area contributed by atoms with Gasteiger partial charge in [0, 0.05) is 36.5 Å². The molecule has 4 aromatic rings. The molecule has 1 aliphatic heterocycles. The zero-order valence-electron chi connectivity index (χ0n) is 19.1. The summed E-state index contributed by atoms with van der Waals surface area (Å²) in [4.78, 5) is 48.0. The largest absolute Gasteiger partial charge is 0.467 e. The number of H-pyrrole nitrogens is 1. The molecule has 2 N–H and O–H groups in total. The molecule has 4 heterocycles. The maximum atomic E-state index is 13.3. The number of thiophene rings is 1. The van der Waals surface area contributed by atoms with Crippen LogP contribution in [0.3, 0.4) is 0 Å². The molecule has 34 heavy (non-hydrogen) atoms. The van der Waals surface area contributed by atoms with Crippen molar-refractivity contribution >= 4 is 44.3 Å². The smallest absolute Gasteiger partial charge is 0.328 e. The van der Waals surface area contributed by atoms with Crippen molar-refractivity contribution in [3.05, 3.63) is 62.6 Å². The van der Waals surface area contributed by atoms with E-state index in [1.165, 1.54) is 18.4 Å². The Balaban J connectivity index is 1.47. The number of aryl methyl sites for hydroxylation is 2. The van der Waals surface area contributed by atoms with Crippen molar-refractivity contribution in [3.8, 4) is 0 Å². The number of carbonyl (C=O) groups is 2. The lowest BCUT2D eigenvalue weighted by Gasteiger charge is -2.16. The van der Waals surface area contributed by atoms with Gasteiger partial charge in [0.25, 0.3) is 11.5 Å². The van der Waals surface area contributed by atoms with E-state index in [0.29, 0.717) is 27.2 Å². The van der Waals surface area contributed by atoms with Crippen LogP contribution in [-0.4, -0.2) is 39.6 Å². The molecule has 1 aliphatic rings. The lowest BCUT2D eigenvalue weighted by atomic mass is 10.0. The molecule has 3 aromatic heterocycles. The van der Waals surface area contributed by atoms with Gasteiger partial charge in [0.1, 0.15) is 16.7 Å². The topological polar surface area (TPSA) is 106 Å². The predicted molar refractivity (Wildman–Crippen MR) is 131 cm³/mol. The van der Waals surface area contributed by atoms with Crippen molar-refractivity contribution in [2.45, 2.75) is 51.6 Å². The monoisotopic (exact) mass is 478 g/mol. The van der Waals surface area contributed by atoms with Crippen LogP contribution in [0.15, 0.2) is 35.3 Å². The molecule has 9 heteroatoms. The molecule has 5 rings (SSSR count). The van der Waals surface area contributed by atoms with Crippen molar-refractivity contribution in [2.24, 2.45) is 0 Å². The van der Waals surface area contributed by atoms with E-state index < -0.39 is 17.9 Å². The van der Waals surface area contributed by atoms with E-state index in [-0.39, 0.29) is 12.0 Å². The number of nitrogens with zero attached hydrogens (tertiary/aromatic N) is 2. The number of fused-ring (bicyclic) bond motifs is 3. The number of nitrogens with one attached hydrogen (secondary N) is 2. The fourth-order valence-electron chi connectivity index (χ4n) is 4.71. The van der Waals surface area contributed by atoms with Crippen molar-refractivity contribution in [1.82, 2.24) is 19.9 Å². The second-order valence-corrected chi connectivity index (χ2v) is 9.64. The Morgan fingerprint density at radius 2 is 2.09 bits per heavy atom. The summed E-state index contributed by atoms with van der Waals surface area (Å²) in [6.45, 7) is 2.43. The molecule has 0 fully saturated rings. The summed E-state index contributed by atoms with van der Waals surface area (Å²) in [5.41, 5.74) is 2.38. The number of benzene rings is 1. The van der Waals surface area contributed by atoms with Crippen LogP contribution in [0, 0.1) is 6.92 Å². The summed E-state index contributed by atoms with van der Waals surface area (Å²) in [6.07, 6.45) is 5.92. The maximum absolute atomic E-state index is 13.3.